The Balaban J connectivity index is 2.85. The van der Waals surface area contributed by atoms with Crippen molar-refractivity contribution in [2.45, 2.75) is 0 Å². The molecule has 2 nitrogen and oxygen atoms in total. The molecule has 0 bridgehead atoms. The molecule has 0 spiro atoms. The average Bonchev–Trinajstić information content (AvgIpc) is 1.38. The zero-order valence-corrected chi connectivity index (χ0v) is 3.27. The maximum atomic E-state index is 9.24. The van der Waals surface area contributed by atoms with E-state index in [4.69, 9.17) is 5.11 Å². The lowest BCUT2D eigenvalue weighted by Gasteiger charge is -1.68. The van der Waals surface area contributed by atoms with Gasteiger partial charge in [0.25, 0.3) is 5.87 Å². The van der Waals surface area contributed by atoms with Gasteiger partial charge in [0, 0.05) is 0 Å². The molecular weight excluding hydrogens is 86.9 g/mol. The molecule has 0 aromatic rings. The van der Waals surface area contributed by atoms with Gasteiger partial charge < -0.3 is 5.11 Å². The summed E-state index contributed by atoms with van der Waals surface area (Å²) in [4.78, 5) is 9.24. The predicted octanol–water partition coefficient (Wildman–Crippen LogP) is 0.213. The lowest BCUT2D eigenvalue weighted by molar-refractivity contribution is 0.220. The van der Waals surface area contributed by atoms with E-state index in [1.807, 2.05) is 0 Å². The molecule has 0 aromatic carbocycles. The van der Waals surface area contributed by atoms with E-state index in [0.29, 0.717) is 0 Å². The highest BCUT2D eigenvalue weighted by atomic mass is 32.1. The lowest BCUT2D eigenvalue weighted by Crippen LogP contribution is -1.94. The molecule has 0 amide bonds. The van der Waals surface area contributed by atoms with Crippen molar-refractivity contribution < 1.29 is 9.90 Å². The van der Waals surface area contributed by atoms with E-state index < -0.39 is 5.87 Å². The summed E-state index contributed by atoms with van der Waals surface area (Å²) < 4.78 is 0. The summed E-state index contributed by atoms with van der Waals surface area (Å²) in [5, 5.41) is 7.59. The fourth-order valence-corrected chi connectivity index (χ4v) is 0. The highest BCUT2D eigenvalue weighted by Crippen LogP contribution is 1.65. The number of carbonyl (C=O) groups is 1. The second kappa shape index (κ2) is 2.14. The first-order chi connectivity index (χ1) is 2.27. The van der Waals surface area contributed by atoms with Gasteiger partial charge in [0.15, 0.2) is 0 Å². The number of thiol groups is 1. The Hall–Kier alpha value is -0.115. The van der Waals surface area contributed by atoms with Gasteiger partial charge in [0.05, 0.1) is 0 Å². The summed E-state index contributed by atoms with van der Waals surface area (Å²) in [7, 11) is 0. The van der Waals surface area contributed by atoms with Crippen molar-refractivity contribution in [3.63, 3.8) is 0 Å². The predicted molar refractivity (Wildman–Crippen MR) is 22.8 cm³/mol. The molecule has 0 heterocycles. The molecule has 0 aromatic heterocycles. The summed E-state index contributed by atoms with van der Waals surface area (Å²) >= 11 is 3.29. The molecule has 1 N–H and O–H groups in total. The second-order valence-electron chi connectivity index (χ2n) is 0.467. The molecular formula is CH2BO2S. The molecule has 0 aliphatic carbocycles. The molecule has 0 rings (SSSR count). The first-order valence-corrected chi connectivity index (χ1v) is 1.49. The third-order valence-corrected chi connectivity index (χ3v) is 0.331. The summed E-state index contributed by atoms with van der Waals surface area (Å²) in [6.45, 7) is 0.778. The molecule has 0 aliphatic heterocycles. The van der Waals surface area contributed by atoms with E-state index in [2.05, 4.69) is 12.5 Å². The summed E-state index contributed by atoms with van der Waals surface area (Å²) in [6, 6.07) is 0. The van der Waals surface area contributed by atoms with Crippen LogP contribution in [-0.2, 0) is 0 Å². The van der Waals surface area contributed by atoms with Crippen molar-refractivity contribution in [2.24, 2.45) is 0 Å². The molecule has 0 saturated heterocycles. The van der Waals surface area contributed by atoms with E-state index in [0.717, 1.165) is 6.56 Å². The Morgan fingerprint density at radius 2 is 2.20 bits per heavy atom. The zero-order chi connectivity index (χ0) is 4.28. The minimum atomic E-state index is -1.01. The van der Waals surface area contributed by atoms with Crippen molar-refractivity contribution in [2.75, 3.05) is 0 Å². The number of rotatable bonds is 1. The van der Waals surface area contributed by atoms with Crippen LogP contribution in [0.2, 0.25) is 0 Å². The largest absolute Gasteiger partial charge is 0.489 e. The highest BCUT2D eigenvalue weighted by molar-refractivity contribution is 8.09. The molecule has 0 saturated carbocycles. The maximum absolute atomic E-state index is 9.24. The van der Waals surface area contributed by atoms with Gasteiger partial charge in [-0.2, -0.15) is 0 Å². The first-order valence-electron chi connectivity index (χ1n) is 0.975. The van der Waals surface area contributed by atoms with Crippen LogP contribution in [0.3, 0.4) is 0 Å². The van der Waals surface area contributed by atoms with E-state index >= 15 is 0 Å². The van der Waals surface area contributed by atoms with Crippen LogP contribution in [0.4, 0.5) is 4.79 Å². The van der Waals surface area contributed by atoms with Crippen LogP contribution in [-0.4, -0.2) is 17.5 Å². The Labute approximate surface area is 35.7 Å². The zero-order valence-electron chi connectivity index (χ0n) is 2.38. The topological polar surface area (TPSA) is 37.3 Å². The van der Waals surface area contributed by atoms with Gasteiger partial charge in [-0.05, 0) is 0 Å². The lowest BCUT2D eigenvalue weighted by atomic mass is 10.1. The van der Waals surface area contributed by atoms with Crippen LogP contribution in [0.1, 0.15) is 0 Å². The molecule has 4 heteroatoms. The van der Waals surface area contributed by atoms with Gasteiger partial charge in [-0.1, -0.05) is 0 Å². The minimum absolute atomic E-state index is 0.778. The van der Waals surface area contributed by atoms with Crippen LogP contribution < -0.4 is 0 Å². The van der Waals surface area contributed by atoms with E-state index in [1.54, 1.807) is 0 Å². The molecule has 0 atom stereocenters. The standard InChI is InChI=1S/CH2BO2S/c3-1(4)2-5/h5H,(H,3,4). The van der Waals surface area contributed by atoms with Gasteiger partial charge in [-0.3, -0.25) is 4.79 Å². The summed E-state index contributed by atoms with van der Waals surface area (Å²) in [5.41, 5.74) is 0. The number of hydrogen-bond acceptors (Lipinski definition) is 2. The van der Waals surface area contributed by atoms with Crippen LogP contribution in [0.15, 0.2) is 0 Å². The van der Waals surface area contributed by atoms with E-state index in [9.17, 15) is 4.79 Å². The molecule has 1 radical (unpaired) electrons. The van der Waals surface area contributed by atoms with E-state index in [1.165, 1.54) is 0 Å². The Bertz CT molecular complexity index is 44.9. The van der Waals surface area contributed by atoms with Gasteiger partial charge >= 0.3 is 6.56 Å². The maximum Gasteiger partial charge on any atom is 0.333 e. The van der Waals surface area contributed by atoms with Crippen molar-refractivity contribution in [3.05, 3.63) is 0 Å². The number of hydrogen-bond donors (Lipinski definition) is 2. The normalized spacial score (nSPS) is 6.60. The van der Waals surface area contributed by atoms with Crippen LogP contribution in [0.25, 0.3) is 0 Å². The van der Waals surface area contributed by atoms with Crippen molar-refractivity contribution >= 4 is 24.9 Å². The smallest absolute Gasteiger partial charge is 0.333 e. The van der Waals surface area contributed by atoms with Crippen molar-refractivity contribution in [3.8, 4) is 0 Å². The van der Waals surface area contributed by atoms with Crippen LogP contribution in [0, 0.1) is 0 Å². The Morgan fingerprint density at radius 1 is 2.00 bits per heavy atom. The molecule has 27 valence electrons. The molecule has 5 heavy (non-hydrogen) atoms. The quantitative estimate of drug-likeness (QED) is 0.356. The summed E-state index contributed by atoms with van der Waals surface area (Å²) in [6.07, 6.45) is 0. The van der Waals surface area contributed by atoms with Gasteiger partial charge in [0.1, 0.15) is 0 Å². The monoisotopic (exact) mass is 89.0 g/mol. The second-order valence-corrected chi connectivity index (χ2v) is 0.726. The van der Waals surface area contributed by atoms with Gasteiger partial charge in [-0.15, -0.1) is 0 Å². The fraction of sp³-hybridized carbons (Fsp3) is 0. The third-order valence-electron chi connectivity index (χ3n) is 0.110. The Morgan fingerprint density at radius 3 is 2.20 bits per heavy atom. The molecule has 0 aliphatic rings. The van der Waals surface area contributed by atoms with Crippen LogP contribution in [0.5, 0.6) is 0 Å². The number of carboxylic acid groups (broad SMARTS) is 1. The van der Waals surface area contributed by atoms with Crippen molar-refractivity contribution in [1.82, 2.24) is 0 Å². The molecule has 0 fully saturated rings. The SMILES string of the molecule is O=C(O)[B]S. The van der Waals surface area contributed by atoms with Gasteiger partial charge in [0.2, 0.25) is 0 Å². The highest BCUT2D eigenvalue weighted by Gasteiger charge is 1.87. The average molecular weight is 88.9 g/mol. The van der Waals surface area contributed by atoms with Crippen molar-refractivity contribution in [1.29, 1.82) is 0 Å². The Kier molecular flexibility index (Phi) is 2.09. The summed E-state index contributed by atoms with van der Waals surface area (Å²) in [5.74, 6) is -1.01. The molecule has 0 unspecified atom stereocenters. The van der Waals surface area contributed by atoms with Gasteiger partial charge in [-0.25, -0.2) is 12.5 Å². The first kappa shape index (κ1) is 4.88. The van der Waals surface area contributed by atoms with Crippen LogP contribution >= 0.6 is 12.5 Å². The van der Waals surface area contributed by atoms with E-state index in [-0.39, 0.29) is 0 Å². The third kappa shape index (κ3) is 3.88. The fourth-order valence-electron chi connectivity index (χ4n) is 0. The minimum Gasteiger partial charge on any atom is -0.489 e.